The van der Waals surface area contributed by atoms with Crippen molar-refractivity contribution in [2.45, 2.75) is 32.7 Å². The highest BCUT2D eigenvalue weighted by atomic mass is 15.2. The molecule has 0 saturated carbocycles. The number of hydrogen-bond donors (Lipinski definition) is 3. The molecule has 0 aliphatic heterocycles. The highest BCUT2D eigenvalue weighted by Gasteiger charge is 2.04. The Labute approximate surface area is 132 Å². The van der Waals surface area contributed by atoms with E-state index in [2.05, 4.69) is 44.7 Å². The van der Waals surface area contributed by atoms with Crippen LogP contribution in [0.5, 0.6) is 0 Å². The van der Waals surface area contributed by atoms with Crippen molar-refractivity contribution in [3.8, 4) is 11.3 Å². The van der Waals surface area contributed by atoms with E-state index in [9.17, 15) is 0 Å². The first-order chi connectivity index (χ1) is 10.8. The molecule has 118 valence electrons. The van der Waals surface area contributed by atoms with Gasteiger partial charge < -0.3 is 15.6 Å². The van der Waals surface area contributed by atoms with Crippen LogP contribution in [0.4, 0.5) is 0 Å². The molecule has 1 aromatic carbocycles. The molecule has 0 amide bonds. The van der Waals surface area contributed by atoms with Crippen LogP contribution in [-0.4, -0.2) is 29.5 Å². The summed E-state index contributed by atoms with van der Waals surface area (Å²) in [5.74, 6) is 1.71. The van der Waals surface area contributed by atoms with Crippen LogP contribution < -0.4 is 10.6 Å². The summed E-state index contributed by atoms with van der Waals surface area (Å²) in [5.41, 5.74) is 2.17. The van der Waals surface area contributed by atoms with E-state index in [0.717, 1.165) is 36.0 Å². The smallest absolute Gasteiger partial charge is 0.191 e. The van der Waals surface area contributed by atoms with Gasteiger partial charge in [-0.05, 0) is 12.0 Å². The number of nitrogens with zero attached hydrogens (tertiary/aromatic N) is 2. The van der Waals surface area contributed by atoms with Gasteiger partial charge in [0, 0.05) is 13.6 Å². The van der Waals surface area contributed by atoms with Crippen molar-refractivity contribution in [2.24, 2.45) is 4.99 Å². The third-order valence-electron chi connectivity index (χ3n) is 3.43. The number of H-pyrrole nitrogens is 1. The molecule has 0 radical (unpaired) electrons. The summed E-state index contributed by atoms with van der Waals surface area (Å²) in [6.07, 6.45) is 5.49. The lowest BCUT2D eigenvalue weighted by molar-refractivity contribution is 0.680. The van der Waals surface area contributed by atoms with Gasteiger partial charge in [-0.15, -0.1) is 0 Å². The average molecular weight is 299 g/mol. The van der Waals surface area contributed by atoms with Gasteiger partial charge in [-0.3, -0.25) is 4.99 Å². The summed E-state index contributed by atoms with van der Waals surface area (Å²) in [6, 6.07) is 10.2. The van der Waals surface area contributed by atoms with Gasteiger partial charge in [0.2, 0.25) is 0 Å². The zero-order valence-electron chi connectivity index (χ0n) is 13.4. The first-order valence-electron chi connectivity index (χ1n) is 7.87. The molecule has 1 aromatic heterocycles. The van der Waals surface area contributed by atoms with Crippen molar-refractivity contribution in [3.05, 3.63) is 42.4 Å². The predicted molar refractivity (Wildman–Crippen MR) is 91.8 cm³/mol. The highest BCUT2D eigenvalue weighted by molar-refractivity contribution is 5.79. The second-order valence-corrected chi connectivity index (χ2v) is 5.17. The van der Waals surface area contributed by atoms with Crippen LogP contribution in [0.1, 0.15) is 32.0 Å². The number of unbranched alkanes of at least 4 members (excludes halogenated alkanes) is 2. The van der Waals surface area contributed by atoms with Crippen LogP contribution in [0, 0.1) is 0 Å². The fourth-order valence-electron chi connectivity index (χ4n) is 2.19. The summed E-state index contributed by atoms with van der Waals surface area (Å²) in [4.78, 5) is 12.0. The Morgan fingerprint density at radius 2 is 2.00 bits per heavy atom. The molecule has 0 fully saturated rings. The van der Waals surface area contributed by atoms with E-state index in [1.807, 2.05) is 24.4 Å². The number of aromatic amines is 1. The van der Waals surface area contributed by atoms with Gasteiger partial charge in [0.15, 0.2) is 5.96 Å². The largest absolute Gasteiger partial charge is 0.356 e. The topological polar surface area (TPSA) is 65.1 Å². The van der Waals surface area contributed by atoms with E-state index < -0.39 is 0 Å². The zero-order chi connectivity index (χ0) is 15.6. The van der Waals surface area contributed by atoms with E-state index >= 15 is 0 Å². The SMILES string of the molecule is CCCCCNC(=NC)NCc1ncc(-c2ccccc2)[nH]1. The molecule has 2 aromatic rings. The number of benzene rings is 1. The summed E-state index contributed by atoms with van der Waals surface area (Å²) >= 11 is 0. The Kier molecular flexibility index (Phi) is 6.48. The molecule has 5 heteroatoms. The van der Waals surface area contributed by atoms with Crippen LogP contribution in [0.3, 0.4) is 0 Å². The summed E-state index contributed by atoms with van der Waals surface area (Å²) in [7, 11) is 1.78. The fraction of sp³-hybridized carbons (Fsp3) is 0.412. The lowest BCUT2D eigenvalue weighted by Crippen LogP contribution is -2.37. The maximum absolute atomic E-state index is 4.41. The number of imidazole rings is 1. The molecule has 0 unspecified atom stereocenters. The van der Waals surface area contributed by atoms with Crippen molar-refractivity contribution in [1.82, 2.24) is 20.6 Å². The van der Waals surface area contributed by atoms with Gasteiger partial charge >= 0.3 is 0 Å². The molecule has 0 spiro atoms. The minimum atomic E-state index is 0.625. The van der Waals surface area contributed by atoms with Crippen LogP contribution in [-0.2, 0) is 6.54 Å². The number of rotatable bonds is 7. The average Bonchev–Trinajstić information content (AvgIpc) is 3.04. The van der Waals surface area contributed by atoms with Crippen LogP contribution in [0.2, 0.25) is 0 Å². The quantitative estimate of drug-likeness (QED) is 0.418. The number of hydrogen-bond acceptors (Lipinski definition) is 2. The number of guanidine groups is 1. The molecule has 2 rings (SSSR count). The van der Waals surface area contributed by atoms with Crippen molar-refractivity contribution in [3.63, 3.8) is 0 Å². The Morgan fingerprint density at radius 1 is 1.18 bits per heavy atom. The van der Waals surface area contributed by atoms with Gasteiger partial charge in [-0.2, -0.15) is 0 Å². The van der Waals surface area contributed by atoms with Gasteiger partial charge in [-0.1, -0.05) is 50.1 Å². The minimum absolute atomic E-state index is 0.625. The second-order valence-electron chi connectivity index (χ2n) is 5.17. The second kappa shape index (κ2) is 8.87. The normalized spacial score (nSPS) is 11.5. The molecular formula is C17H25N5. The Hall–Kier alpha value is -2.30. The number of aromatic nitrogens is 2. The van der Waals surface area contributed by atoms with Crippen molar-refractivity contribution in [1.29, 1.82) is 0 Å². The zero-order valence-corrected chi connectivity index (χ0v) is 13.4. The highest BCUT2D eigenvalue weighted by Crippen LogP contribution is 2.15. The summed E-state index contributed by atoms with van der Waals surface area (Å²) in [5, 5.41) is 6.58. The lowest BCUT2D eigenvalue weighted by Gasteiger charge is -2.10. The molecule has 0 aliphatic rings. The Bertz CT molecular complexity index is 574. The first kappa shape index (κ1) is 16.1. The Morgan fingerprint density at radius 3 is 2.73 bits per heavy atom. The Balaban J connectivity index is 1.82. The molecule has 3 N–H and O–H groups in total. The van der Waals surface area contributed by atoms with Gasteiger partial charge in [0.1, 0.15) is 5.82 Å². The van der Waals surface area contributed by atoms with Crippen molar-refractivity contribution >= 4 is 5.96 Å². The predicted octanol–water partition coefficient (Wildman–Crippen LogP) is 2.93. The molecule has 0 bridgehead atoms. The number of nitrogens with one attached hydrogen (secondary N) is 3. The van der Waals surface area contributed by atoms with E-state index in [1.165, 1.54) is 12.8 Å². The van der Waals surface area contributed by atoms with Gasteiger partial charge in [0.25, 0.3) is 0 Å². The molecule has 0 saturated heterocycles. The van der Waals surface area contributed by atoms with Crippen LogP contribution >= 0.6 is 0 Å². The van der Waals surface area contributed by atoms with E-state index in [1.54, 1.807) is 7.05 Å². The monoisotopic (exact) mass is 299 g/mol. The molecular weight excluding hydrogens is 274 g/mol. The van der Waals surface area contributed by atoms with Crippen molar-refractivity contribution in [2.75, 3.05) is 13.6 Å². The third-order valence-corrected chi connectivity index (χ3v) is 3.43. The molecule has 1 heterocycles. The van der Waals surface area contributed by atoms with Gasteiger partial charge in [0.05, 0.1) is 18.4 Å². The fourth-order valence-corrected chi connectivity index (χ4v) is 2.19. The maximum atomic E-state index is 4.41. The van der Waals surface area contributed by atoms with Crippen molar-refractivity contribution < 1.29 is 0 Å². The van der Waals surface area contributed by atoms with Crippen LogP contribution in [0.15, 0.2) is 41.5 Å². The minimum Gasteiger partial charge on any atom is -0.356 e. The van der Waals surface area contributed by atoms with Gasteiger partial charge in [-0.25, -0.2) is 4.98 Å². The van der Waals surface area contributed by atoms with E-state index in [-0.39, 0.29) is 0 Å². The summed E-state index contributed by atoms with van der Waals surface area (Å²) in [6.45, 7) is 3.77. The molecule has 5 nitrogen and oxygen atoms in total. The van der Waals surface area contributed by atoms with Crippen LogP contribution in [0.25, 0.3) is 11.3 Å². The lowest BCUT2D eigenvalue weighted by atomic mass is 10.2. The first-order valence-corrected chi connectivity index (χ1v) is 7.87. The maximum Gasteiger partial charge on any atom is 0.191 e. The molecule has 0 atom stereocenters. The molecule has 0 aliphatic carbocycles. The third kappa shape index (κ3) is 4.91. The standard InChI is InChI=1S/C17H25N5/c1-3-4-8-11-19-17(18-2)21-13-16-20-12-15(22-16)14-9-6-5-7-10-14/h5-7,9-10,12H,3-4,8,11,13H2,1-2H3,(H,20,22)(H2,18,19,21). The van der Waals surface area contributed by atoms with E-state index in [4.69, 9.17) is 0 Å². The summed E-state index contributed by atoms with van der Waals surface area (Å²) < 4.78 is 0. The number of aliphatic imine (C=N–C) groups is 1. The molecule has 22 heavy (non-hydrogen) atoms. The van der Waals surface area contributed by atoms with E-state index in [0.29, 0.717) is 6.54 Å².